The van der Waals surface area contributed by atoms with Gasteiger partial charge in [-0.15, -0.1) is 0 Å². The molecule has 0 heterocycles. The lowest BCUT2D eigenvalue weighted by molar-refractivity contribution is 0.630. The van der Waals surface area contributed by atoms with E-state index in [4.69, 9.17) is 5.73 Å². The van der Waals surface area contributed by atoms with Gasteiger partial charge in [-0.05, 0) is 40.5 Å². The zero-order chi connectivity index (χ0) is 7.72. The Balaban J connectivity index is 3.31. The normalized spacial score (nSPS) is 9.90. The molecule has 0 atom stereocenters. The second-order valence-corrected chi connectivity index (χ2v) is 3.00. The summed E-state index contributed by atoms with van der Waals surface area (Å²) in [7, 11) is 0. The van der Waals surface area contributed by atoms with E-state index in [1.165, 1.54) is 6.07 Å². The summed E-state index contributed by atoms with van der Waals surface area (Å²) in [5, 5.41) is 0. The number of hydrogen-bond acceptors (Lipinski definition) is 1. The summed E-state index contributed by atoms with van der Waals surface area (Å²) in [6.07, 6.45) is 0. The second-order valence-electron chi connectivity index (χ2n) is 2.14. The lowest BCUT2D eigenvalue weighted by atomic mass is 10.2. The molecule has 0 aliphatic carbocycles. The van der Waals surface area contributed by atoms with Crippen molar-refractivity contribution in [3.8, 4) is 0 Å². The lowest BCUT2D eigenvalue weighted by Gasteiger charge is -2.00. The van der Waals surface area contributed by atoms with Crippen molar-refractivity contribution in [2.45, 2.75) is 6.92 Å². The number of hydrogen-bond donors (Lipinski definition) is 1. The Morgan fingerprint density at radius 1 is 1.50 bits per heavy atom. The smallest absolute Gasteiger partial charge is 0.147 e. The summed E-state index contributed by atoms with van der Waals surface area (Å²) in [6.45, 7) is 1.81. The van der Waals surface area contributed by atoms with E-state index in [-0.39, 0.29) is 11.5 Å². The van der Waals surface area contributed by atoms with Crippen LogP contribution in [0.2, 0.25) is 0 Å². The molecule has 0 aromatic heterocycles. The summed E-state index contributed by atoms with van der Waals surface area (Å²) in [4.78, 5) is 0. The molecule has 1 aromatic rings. The number of nitrogen functional groups attached to an aromatic ring is 1. The quantitative estimate of drug-likeness (QED) is 0.645. The Labute approximate surface area is 67.2 Å². The minimum Gasteiger partial charge on any atom is -0.395 e. The van der Waals surface area contributed by atoms with Gasteiger partial charge in [-0.3, -0.25) is 0 Å². The highest BCUT2D eigenvalue weighted by atomic mass is 79.9. The molecule has 0 aliphatic rings. The average molecular weight is 204 g/mol. The van der Waals surface area contributed by atoms with Gasteiger partial charge in [0.05, 0.1) is 5.69 Å². The summed E-state index contributed by atoms with van der Waals surface area (Å²) in [5.74, 6) is -0.369. The van der Waals surface area contributed by atoms with E-state index < -0.39 is 0 Å². The van der Waals surface area contributed by atoms with Crippen molar-refractivity contribution in [3.05, 3.63) is 28.0 Å². The van der Waals surface area contributed by atoms with Gasteiger partial charge in [0, 0.05) is 4.47 Å². The predicted octanol–water partition coefficient (Wildman–Crippen LogP) is 2.48. The first-order valence-corrected chi connectivity index (χ1v) is 3.61. The van der Waals surface area contributed by atoms with Gasteiger partial charge in [0.25, 0.3) is 0 Å². The Morgan fingerprint density at radius 2 is 2.10 bits per heavy atom. The lowest BCUT2D eigenvalue weighted by Crippen LogP contribution is -1.92. The van der Waals surface area contributed by atoms with E-state index in [1.54, 1.807) is 6.07 Å². The van der Waals surface area contributed by atoms with Crippen LogP contribution >= 0.6 is 15.9 Å². The van der Waals surface area contributed by atoms with Gasteiger partial charge in [-0.1, -0.05) is 0 Å². The van der Waals surface area contributed by atoms with Crippen LogP contribution in [0.4, 0.5) is 10.1 Å². The fraction of sp³-hybridized carbons (Fsp3) is 0.143. The second kappa shape index (κ2) is 2.58. The largest absolute Gasteiger partial charge is 0.395 e. The number of anilines is 1. The number of aryl methyl sites for hydroxylation is 1. The van der Waals surface area contributed by atoms with Crippen molar-refractivity contribution in [3.63, 3.8) is 0 Å². The standard InChI is InChI=1S/C7H7BrFN/c1-4-2-5(8)7(10)6(9)3-4/h2-3H,10H2,1H3. The highest BCUT2D eigenvalue weighted by Gasteiger charge is 2.01. The number of benzene rings is 1. The Morgan fingerprint density at radius 3 is 2.60 bits per heavy atom. The van der Waals surface area contributed by atoms with Crippen LogP contribution in [0.3, 0.4) is 0 Å². The third-order valence-corrected chi connectivity index (χ3v) is 1.88. The van der Waals surface area contributed by atoms with Crippen LogP contribution in [-0.2, 0) is 0 Å². The van der Waals surface area contributed by atoms with Crippen molar-refractivity contribution in [1.82, 2.24) is 0 Å². The van der Waals surface area contributed by atoms with Crippen LogP contribution in [-0.4, -0.2) is 0 Å². The zero-order valence-corrected chi connectivity index (χ0v) is 7.07. The maximum Gasteiger partial charge on any atom is 0.147 e. The third-order valence-electron chi connectivity index (χ3n) is 1.22. The zero-order valence-electron chi connectivity index (χ0n) is 5.49. The molecule has 0 saturated carbocycles. The maximum atomic E-state index is 12.7. The van der Waals surface area contributed by atoms with Crippen LogP contribution in [0, 0.1) is 12.7 Å². The van der Waals surface area contributed by atoms with Gasteiger partial charge < -0.3 is 5.73 Å². The molecule has 10 heavy (non-hydrogen) atoms. The van der Waals surface area contributed by atoms with E-state index in [0.717, 1.165) is 5.56 Å². The van der Waals surface area contributed by atoms with Crippen LogP contribution in [0.15, 0.2) is 16.6 Å². The molecule has 0 bridgehead atoms. The summed E-state index contributed by atoms with van der Waals surface area (Å²) in [5.41, 5.74) is 6.36. The van der Waals surface area contributed by atoms with Gasteiger partial charge >= 0.3 is 0 Å². The minimum atomic E-state index is -0.369. The van der Waals surface area contributed by atoms with E-state index in [1.807, 2.05) is 6.92 Å². The minimum absolute atomic E-state index is 0.172. The molecule has 0 spiro atoms. The molecule has 1 rings (SSSR count). The Hall–Kier alpha value is -0.570. The van der Waals surface area contributed by atoms with E-state index in [2.05, 4.69) is 15.9 Å². The summed E-state index contributed by atoms with van der Waals surface area (Å²) >= 11 is 3.13. The first-order valence-electron chi connectivity index (χ1n) is 2.82. The van der Waals surface area contributed by atoms with E-state index in [9.17, 15) is 4.39 Å². The Bertz CT molecular complexity index is 237. The maximum absolute atomic E-state index is 12.7. The van der Waals surface area contributed by atoms with Crippen LogP contribution in [0.5, 0.6) is 0 Å². The summed E-state index contributed by atoms with van der Waals surface area (Å²) < 4.78 is 13.3. The van der Waals surface area contributed by atoms with Gasteiger partial charge in [-0.2, -0.15) is 0 Å². The molecule has 3 heteroatoms. The molecule has 0 unspecified atom stereocenters. The van der Waals surface area contributed by atoms with Crippen molar-refractivity contribution in [2.24, 2.45) is 0 Å². The fourth-order valence-corrected chi connectivity index (χ4v) is 1.26. The summed E-state index contributed by atoms with van der Waals surface area (Å²) in [6, 6.07) is 3.18. The highest BCUT2D eigenvalue weighted by Crippen LogP contribution is 2.23. The van der Waals surface area contributed by atoms with Crippen molar-refractivity contribution in [2.75, 3.05) is 5.73 Å². The monoisotopic (exact) mass is 203 g/mol. The molecular weight excluding hydrogens is 197 g/mol. The molecule has 1 aromatic carbocycles. The first-order chi connectivity index (χ1) is 4.61. The van der Waals surface area contributed by atoms with E-state index in [0.29, 0.717) is 4.47 Å². The van der Waals surface area contributed by atoms with Crippen molar-refractivity contribution < 1.29 is 4.39 Å². The van der Waals surface area contributed by atoms with E-state index >= 15 is 0 Å². The molecule has 0 saturated heterocycles. The Kier molecular flexibility index (Phi) is 1.94. The third kappa shape index (κ3) is 1.29. The molecule has 0 radical (unpaired) electrons. The molecule has 2 N–H and O–H groups in total. The topological polar surface area (TPSA) is 26.0 Å². The van der Waals surface area contributed by atoms with Crippen molar-refractivity contribution >= 4 is 21.6 Å². The first kappa shape index (κ1) is 7.54. The molecule has 0 amide bonds. The van der Waals surface area contributed by atoms with Gasteiger partial charge in [0.2, 0.25) is 0 Å². The molecule has 1 nitrogen and oxygen atoms in total. The molecule has 0 aliphatic heterocycles. The molecule has 0 fully saturated rings. The van der Waals surface area contributed by atoms with Gasteiger partial charge in [0.15, 0.2) is 0 Å². The number of nitrogens with two attached hydrogens (primary N) is 1. The fourth-order valence-electron chi connectivity index (χ4n) is 0.711. The highest BCUT2D eigenvalue weighted by molar-refractivity contribution is 9.10. The van der Waals surface area contributed by atoms with Crippen LogP contribution in [0.25, 0.3) is 0 Å². The SMILES string of the molecule is Cc1cc(F)c(N)c(Br)c1. The van der Waals surface area contributed by atoms with Gasteiger partial charge in [0.1, 0.15) is 5.82 Å². The number of rotatable bonds is 0. The van der Waals surface area contributed by atoms with Crippen LogP contribution < -0.4 is 5.73 Å². The average Bonchev–Trinajstić information content (AvgIpc) is 1.82. The van der Waals surface area contributed by atoms with Gasteiger partial charge in [-0.25, -0.2) is 4.39 Å². The predicted molar refractivity (Wildman–Crippen MR) is 43.2 cm³/mol. The van der Waals surface area contributed by atoms with Crippen LogP contribution in [0.1, 0.15) is 5.56 Å². The molecular formula is C7H7BrFN. The number of halogens is 2. The molecule has 54 valence electrons. The van der Waals surface area contributed by atoms with Crippen molar-refractivity contribution in [1.29, 1.82) is 0 Å².